The summed E-state index contributed by atoms with van der Waals surface area (Å²) >= 11 is 7.01. The number of hydrogen-bond acceptors (Lipinski definition) is 6. The van der Waals surface area contributed by atoms with Gasteiger partial charge in [0, 0.05) is 6.04 Å². The lowest BCUT2D eigenvalue weighted by Gasteiger charge is -2.26. The molecule has 3 rings (SSSR count). The molecule has 1 atom stereocenters. The van der Waals surface area contributed by atoms with Crippen molar-refractivity contribution in [3.05, 3.63) is 21.4 Å². The largest absolute Gasteiger partial charge is 0.323 e. The monoisotopic (exact) mass is 298 g/mol. The summed E-state index contributed by atoms with van der Waals surface area (Å²) in [5, 5.41) is 14.2. The van der Waals surface area contributed by atoms with Crippen LogP contribution in [0, 0.1) is 0 Å². The van der Waals surface area contributed by atoms with Crippen molar-refractivity contribution in [3.8, 4) is 0 Å². The van der Waals surface area contributed by atoms with Gasteiger partial charge in [0.1, 0.15) is 4.34 Å². The van der Waals surface area contributed by atoms with Crippen LogP contribution in [0.4, 0.5) is 0 Å². The number of amides is 1. The Morgan fingerprint density at radius 2 is 2.42 bits per heavy atom. The van der Waals surface area contributed by atoms with Crippen molar-refractivity contribution >= 4 is 28.8 Å². The number of halogens is 1. The topological polar surface area (TPSA) is 87.7 Å². The number of carbonyl (C=O) groups excluding carboxylic acids is 1. The van der Waals surface area contributed by atoms with Crippen LogP contribution in [0.2, 0.25) is 4.34 Å². The quantitative estimate of drug-likeness (QED) is 0.927. The summed E-state index contributed by atoms with van der Waals surface area (Å²) in [5.41, 5.74) is 0. The molecule has 1 unspecified atom stereocenters. The maximum atomic E-state index is 12.5. The molecule has 100 valence electrons. The van der Waals surface area contributed by atoms with E-state index in [0.717, 1.165) is 12.8 Å². The number of nitrogens with zero attached hydrogens (tertiary/aromatic N) is 5. The van der Waals surface area contributed by atoms with Gasteiger partial charge in [0.25, 0.3) is 5.91 Å². The molecule has 1 aliphatic carbocycles. The lowest BCUT2D eigenvalue weighted by Crippen LogP contribution is -2.36. The van der Waals surface area contributed by atoms with Crippen LogP contribution in [-0.2, 0) is 0 Å². The van der Waals surface area contributed by atoms with Gasteiger partial charge in [0.2, 0.25) is 0 Å². The Kier molecular flexibility index (Phi) is 3.19. The van der Waals surface area contributed by atoms with Crippen LogP contribution in [0.5, 0.6) is 0 Å². The van der Waals surface area contributed by atoms with E-state index >= 15 is 0 Å². The van der Waals surface area contributed by atoms with Crippen LogP contribution in [0.15, 0.2) is 6.20 Å². The van der Waals surface area contributed by atoms with Crippen molar-refractivity contribution in [2.45, 2.75) is 31.8 Å². The van der Waals surface area contributed by atoms with Gasteiger partial charge in [0.05, 0.1) is 12.2 Å². The van der Waals surface area contributed by atoms with Gasteiger partial charge in [-0.15, -0.1) is 10.2 Å². The van der Waals surface area contributed by atoms with Gasteiger partial charge in [-0.05, 0) is 19.8 Å². The Morgan fingerprint density at radius 1 is 1.63 bits per heavy atom. The second-order valence-corrected chi connectivity index (χ2v) is 6.02. The molecule has 0 aliphatic heterocycles. The van der Waals surface area contributed by atoms with E-state index in [9.17, 15) is 4.79 Å². The zero-order valence-electron chi connectivity index (χ0n) is 10.1. The van der Waals surface area contributed by atoms with E-state index in [0.29, 0.717) is 15.2 Å². The van der Waals surface area contributed by atoms with Gasteiger partial charge < -0.3 is 4.90 Å². The summed E-state index contributed by atoms with van der Waals surface area (Å²) < 4.78 is 0.506. The smallest absolute Gasteiger partial charge is 0.283 e. The molecule has 0 aromatic carbocycles. The molecule has 1 saturated carbocycles. The molecule has 0 bridgehead atoms. The highest BCUT2D eigenvalue weighted by Gasteiger charge is 2.39. The van der Waals surface area contributed by atoms with E-state index in [4.69, 9.17) is 11.6 Å². The zero-order valence-corrected chi connectivity index (χ0v) is 11.6. The van der Waals surface area contributed by atoms with Gasteiger partial charge in [-0.25, -0.2) is 4.98 Å². The summed E-state index contributed by atoms with van der Waals surface area (Å²) in [6.45, 7) is 1.89. The number of rotatable bonds is 4. The molecule has 0 radical (unpaired) electrons. The highest BCUT2D eigenvalue weighted by molar-refractivity contribution is 7.17. The first-order chi connectivity index (χ1) is 9.16. The molecule has 1 N–H and O–H groups in total. The third-order valence-corrected chi connectivity index (χ3v) is 4.09. The van der Waals surface area contributed by atoms with Crippen molar-refractivity contribution < 1.29 is 4.79 Å². The molecule has 9 heteroatoms. The maximum Gasteiger partial charge on any atom is 0.283 e. The van der Waals surface area contributed by atoms with Crippen LogP contribution >= 0.6 is 22.9 Å². The number of carbonyl (C=O) groups is 1. The molecule has 1 amide bonds. The molecule has 7 nitrogen and oxygen atoms in total. The third kappa shape index (κ3) is 2.45. The van der Waals surface area contributed by atoms with Crippen LogP contribution in [0.3, 0.4) is 0 Å². The fraction of sp³-hybridized carbons (Fsp3) is 0.500. The highest BCUT2D eigenvalue weighted by Crippen LogP contribution is 2.35. The van der Waals surface area contributed by atoms with Crippen molar-refractivity contribution in [2.75, 3.05) is 0 Å². The minimum atomic E-state index is -0.235. The van der Waals surface area contributed by atoms with E-state index in [1.807, 2.05) is 6.92 Å². The summed E-state index contributed by atoms with van der Waals surface area (Å²) in [6, 6.07) is -0.00917. The molecule has 19 heavy (non-hydrogen) atoms. The molecule has 1 aliphatic rings. The van der Waals surface area contributed by atoms with Crippen LogP contribution < -0.4 is 0 Å². The Morgan fingerprint density at radius 3 is 2.95 bits per heavy atom. The number of nitrogens with one attached hydrogen (secondary N) is 1. The average molecular weight is 299 g/mol. The molecular formula is C10H11ClN6OS. The fourth-order valence-corrected chi connectivity index (χ4v) is 2.80. The SMILES string of the molecule is CC(c1nn[nH]n1)N(C(=O)c1ncc(Cl)s1)C1CC1. The van der Waals surface area contributed by atoms with E-state index in [1.165, 1.54) is 17.5 Å². The molecule has 2 heterocycles. The Hall–Kier alpha value is -1.54. The number of aromatic nitrogens is 5. The highest BCUT2D eigenvalue weighted by atomic mass is 35.5. The van der Waals surface area contributed by atoms with Crippen LogP contribution in [0.25, 0.3) is 0 Å². The zero-order chi connectivity index (χ0) is 13.4. The summed E-state index contributed by atoms with van der Waals surface area (Å²) in [4.78, 5) is 18.3. The van der Waals surface area contributed by atoms with Gasteiger partial charge in [0.15, 0.2) is 10.8 Å². The van der Waals surface area contributed by atoms with E-state index in [2.05, 4.69) is 25.6 Å². The predicted molar refractivity (Wildman–Crippen MR) is 68.9 cm³/mol. The standard InChI is InChI=1S/C10H11ClN6OS/c1-5(8-13-15-16-14-8)17(6-2-3-6)10(18)9-12-4-7(11)19-9/h4-6H,2-3H2,1H3,(H,13,14,15,16). The van der Waals surface area contributed by atoms with Crippen LogP contribution in [0.1, 0.15) is 41.4 Å². The van der Waals surface area contributed by atoms with Crippen molar-refractivity contribution in [1.82, 2.24) is 30.5 Å². The summed E-state index contributed by atoms with van der Waals surface area (Å²) in [5.74, 6) is 0.375. The minimum Gasteiger partial charge on any atom is -0.323 e. The van der Waals surface area contributed by atoms with Crippen molar-refractivity contribution in [1.29, 1.82) is 0 Å². The van der Waals surface area contributed by atoms with Gasteiger partial charge in [-0.1, -0.05) is 28.2 Å². The number of hydrogen-bond donors (Lipinski definition) is 1. The third-order valence-electron chi connectivity index (χ3n) is 2.99. The molecule has 2 aromatic rings. The van der Waals surface area contributed by atoms with Crippen LogP contribution in [-0.4, -0.2) is 42.5 Å². The first-order valence-electron chi connectivity index (χ1n) is 5.84. The molecule has 1 fully saturated rings. The van der Waals surface area contributed by atoms with Gasteiger partial charge in [-0.2, -0.15) is 5.21 Å². The predicted octanol–water partition coefficient (Wildman–Crippen LogP) is 1.68. The Bertz CT molecular complexity index is 581. The number of tetrazole rings is 1. The average Bonchev–Trinajstić information content (AvgIpc) is 2.93. The van der Waals surface area contributed by atoms with E-state index in [1.54, 1.807) is 4.90 Å². The van der Waals surface area contributed by atoms with Crippen molar-refractivity contribution in [2.24, 2.45) is 0 Å². The first kappa shape index (κ1) is 12.5. The normalized spacial score (nSPS) is 16.3. The van der Waals surface area contributed by atoms with E-state index in [-0.39, 0.29) is 18.0 Å². The fourth-order valence-electron chi connectivity index (χ4n) is 1.95. The van der Waals surface area contributed by atoms with E-state index < -0.39 is 0 Å². The van der Waals surface area contributed by atoms with Gasteiger partial charge >= 0.3 is 0 Å². The molecule has 2 aromatic heterocycles. The summed E-state index contributed by atoms with van der Waals surface area (Å²) in [7, 11) is 0. The lowest BCUT2D eigenvalue weighted by atomic mass is 10.2. The van der Waals surface area contributed by atoms with Gasteiger partial charge in [-0.3, -0.25) is 4.79 Å². The summed E-state index contributed by atoms with van der Waals surface area (Å²) in [6.07, 6.45) is 3.48. The Labute approximate surface area is 118 Å². The number of H-pyrrole nitrogens is 1. The lowest BCUT2D eigenvalue weighted by molar-refractivity contribution is 0.0665. The minimum absolute atomic E-state index is 0.128. The number of thiazole rings is 1. The molecular weight excluding hydrogens is 288 g/mol. The second-order valence-electron chi connectivity index (χ2n) is 4.36. The number of aromatic amines is 1. The molecule has 0 saturated heterocycles. The van der Waals surface area contributed by atoms with Crippen molar-refractivity contribution in [3.63, 3.8) is 0 Å². The maximum absolute atomic E-state index is 12.5. The second kappa shape index (κ2) is 4.86. The molecule has 0 spiro atoms. The Balaban J connectivity index is 1.87. The first-order valence-corrected chi connectivity index (χ1v) is 7.03.